The van der Waals surface area contributed by atoms with E-state index in [2.05, 4.69) is 15.0 Å². The van der Waals surface area contributed by atoms with Gasteiger partial charge in [-0.05, 0) is 57.1 Å². The highest BCUT2D eigenvalue weighted by molar-refractivity contribution is 7.90. The number of rotatable bonds is 7. The number of hydrogen-bond acceptors (Lipinski definition) is 5. The summed E-state index contributed by atoms with van der Waals surface area (Å²) in [5.41, 5.74) is 1.65. The van der Waals surface area contributed by atoms with Crippen LogP contribution in [-0.2, 0) is 10.0 Å². The van der Waals surface area contributed by atoms with Gasteiger partial charge in [0.15, 0.2) is 5.58 Å². The Morgan fingerprint density at radius 3 is 2.64 bits per heavy atom. The average molecular weight is 365 g/mol. The van der Waals surface area contributed by atoms with Crippen LogP contribution in [0, 0.1) is 5.92 Å². The number of oxazole rings is 1. The zero-order valence-electron chi connectivity index (χ0n) is 14.9. The molecule has 2 aromatic rings. The normalized spacial score (nSPS) is 22.8. The summed E-state index contributed by atoms with van der Waals surface area (Å²) in [5, 5.41) is 3.05. The SMILES string of the molecule is CCC(C)S(=O)(=O)NCC1CCC(Nc2nc3ccccc3o2)CC1. The van der Waals surface area contributed by atoms with Crippen LogP contribution in [0.2, 0.25) is 0 Å². The van der Waals surface area contributed by atoms with E-state index in [-0.39, 0.29) is 5.25 Å². The fourth-order valence-corrected chi connectivity index (χ4v) is 4.41. The summed E-state index contributed by atoms with van der Waals surface area (Å²) in [5.74, 6) is 0.403. The molecule has 1 heterocycles. The fourth-order valence-electron chi connectivity index (χ4n) is 3.22. The molecule has 2 N–H and O–H groups in total. The van der Waals surface area contributed by atoms with Crippen molar-refractivity contribution in [3.8, 4) is 0 Å². The lowest BCUT2D eigenvalue weighted by molar-refractivity contribution is 0.334. The molecule has 138 valence electrons. The molecule has 1 aromatic heterocycles. The maximum absolute atomic E-state index is 12.1. The molecule has 1 aliphatic carbocycles. The molecule has 1 aromatic carbocycles. The second-order valence-electron chi connectivity index (χ2n) is 6.96. The van der Waals surface area contributed by atoms with E-state index in [1.54, 1.807) is 6.92 Å². The summed E-state index contributed by atoms with van der Waals surface area (Å²) >= 11 is 0. The van der Waals surface area contributed by atoms with Crippen molar-refractivity contribution in [3.05, 3.63) is 24.3 Å². The minimum atomic E-state index is -3.18. The lowest BCUT2D eigenvalue weighted by atomic mass is 9.86. The Bertz CT molecular complexity index is 762. The third kappa shape index (κ3) is 4.52. The van der Waals surface area contributed by atoms with E-state index in [1.165, 1.54) is 0 Å². The van der Waals surface area contributed by atoms with Crippen LogP contribution in [0.3, 0.4) is 0 Å². The van der Waals surface area contributed by atoms with Crippen LogP contribution in [0.4, 0.5) is 6.01 Å². The van der Waals surface area contributed by atoms with Gasteiger partial charge in [0, 0.05) is 12.6 Å². The van der Waals surface area contributed by atoms with E-state index in [9.17, 15) is 8.42 Å². The Morgan fingerprint density at radius 1 is 1.24 bits per heavy atom. The topological polar surface area (TPSA) is 84.2 Å². The number of para-hydroxylation sites is 2. The molecule has 0 spiro atoms. The molecule has 1 fully saturated rings. The quantitative estimate of drug-likeness (QED) is 0.784. The molecule has 6 nitrogen and oxygen atoms in total. The number of nitrogens with zero attached hydrogens (tertiary/aromatic N) is 1. The molecule has 1 unspecified atom stereocenters. The number of anilines is 1. The zero-order valence-corrected chi connectivity index (χ0v) is 15.7. The first-order valence-electron chi connectivity index (χ1n) is 9.08. The molecule has 0 bridgehead atoms. The molecule has 1 aliphatic rings. The molecule has 0 radical (unpaired) electrons. The second-order valence-corrected chi connectivity index (χ2v) is 9.14. The third-order valence-electron chi connectivity index (χ3n) is 5.15. The van der Waals surface area contributed by atoms with E-state index in [0.717, 1.165) is 36.8 Å². The van der Waals surface area contributed by atoms with Crippen molar-refractivity contribution in [1.29, 1.82) is 0 Å². The number of aromatic nitrogens is 1. The summed E-state index contributed by atoms with van der Waals surface area (Å²) in [6.07, 6.45) is 4.63. The fraction of sp³-hybridized carbons (Fsp3) is 0.611. The molecular formula is C18H27N3O3S. The molecule has 7 heteroatoms. The molecule has 0 saturated heterocycles. The van der Waals surface area contributed by atoms with Crippen LogP contribution < -0.4 is 10.0 Å². The molecule has 0 aliphatic heterocycles. The van der Waals surface area contributed by atoms with Gasteiger partial charge in [-0.25, -0.2) is 13.1 Å². The first kappa shape index (κ1) is 18.2. The van der Waals surface area contributed by atoms with Crippen LogP contribution in [0.15, 0.2) is 28.7 Å². The lowest BCUT2D eigenvalue weighted by Gasteiger charge is -2.29. The van der Waals surface area contributed by atoms with Gasteiger partial charge in [0.05, 0.1) is 5.25 Å². The monoisotopic (exact) mass is 365 g/mol. The van der Waals surface area contributed by atoms with Crippen LogP contribution in [0.25, 0.3) is 11.1 Å². The number of nitrogens with one attached hydrogen (secondary N) is 2. The summed E-state index contributed by atoms with van der Waals surface area (Å²) in [4.78, 5) is 4.45. The van der Waals surface area contributed by atoms with E-state index < -0.39 is 10.0 Å². The van der Waals surface area contributed by atoms with Gasteiger partial charge in [0.25, 0.3) is 6.01 Å². The molecule has 1 atom stereocenters. The van der Waals surface area contributed by atoms with Crippen LogP contribution in [-0.4, -0.2) is 31.2 Å². The highest BCUT2D eigenvalue weighted by atomic mass is 32.2. The highest BCUT2D eigenvalue weighted by Crippen LogP contribution is 2.27. The number of sulfonamides is 1. The van der Waals surface area contributed by atoms with Gasteiger partial charge in [-0.3, -0.25) is 0 Å². The first-order chi connectivity index (χ1) is 12.0. The highest BCUT2D eigenvalue weighted by Gasteiger charge is 2.25. The average Bonchev–Trinajstić information content (AvgIpc) is 3.02. The summed E-state index contributed by atoms with van der Waals surface area (Å²) in [6.45, 7) is 4.19. The minimum Gasteiger partial charge on any atom is -0.424 e. The summed E-state index contributed by atoms with van der Waals surface area (Å²) in [6, 6.07) is 8.62. The van der Waals surface area contributed by atoms with Gasteiger partial charge in [0.1, 0.15) is 5.52 Å². The standard InChI is InChI=1S/C18H27N3O3S/c1-3-13(2)25(22,23)19-12-14-8-10-15(11-9-14)20-18-21-16-6-4-5-7-17(16)24-18/h4-7,13-15,19H,3,8-12H2,1-2H3,(H,20,21). The predicted molar refractivity (Wildman–Crippen MR) is 100 cm³/mol. The summed E-state index contributed by atoms with van der Waals surface area (Å²) < 4.78 is 32.6. The Morgan fingerprint density at radius 2 is 1.96 bits per heavy atom. The largest absolute Gasteiger partial charge is 0.424 e. The second kappa shape index (κ2) is 7.74. The molecule has 25 heavy (non-hydrogen) atoms. The third-order valence-corrected chi connectivity index (χ3v) is 7.11. The van der Waals surface area contributed by atoms with Crippen LogP contribution in [0.1, 0.15) is 46.0 Å². The Balaban J connectivity index is 1.47. The van der Waals surface area contributed by atoms with E-state index in [1.807, 2.05) is 31.2 Å². The number of hydrogen-bond donors (Lipinski definition) is 2. The van der Waals surface area contributed by atoms with Crippen molar-refractivity contribution in [2.75, 3.05) is 11.9 Å². The van der Waals surface area contributed by atoms with Gasteiger partial charge < -0.3 is 9.73 Å². The summed E-state index contributed by atoms with van der Waals surface area (Å²) in [7, 11) is -3.18. The number of benzene rings is 1. The van der Waals surface area contributed by atoms with E-state index in [0.29, 0.717) is 30.9 Å². The van der Waals surface area contributed by atoms with Crippen molar-refractivity contribution < 1.29 is 12.8 Å². The predicted octanol–water partition coefficient (Wildman–Crippen LogP) is 3.52. The molecule has 0 amide bonds. The van der Waals surface area contributed by atoms with Gasteiger partial charge in [-0.15, -0.1) is 0 Å². The minimum absolute atomic E-state index is 0.329. The van der Waals surface area contributed by atoms with Gasteiger partial charge in [0.2, 0.25) is 10.0 Å². The van der Waals surface area contributed by atoms with Crippen LogP contribution in [0.5, 0.6) is 0 Å². The van der Waals surface area contributed by atoms with Gasteiger partial charge >= 0.3 is 0 Å². The van der Waals surface area contributed by atoms with Crippen molar-refractivity contribution >= 4 is 27.1 Å². The smallest absolute Gasteiger partial charge is 0.295 e. The maximum atomic E-state index is 12.1. The maximum Gasteiger partial charge on any atom is 0.295 e. The number of fused-ring (bicyclic) bond motifs is 1. The van der Waals surface area contributed by atoms with Crippen LogP contribution >= 0.6 is 0 Å². The van der Waals surface area contributed by atoms with Crippen molar-refractivity contribution in [2.45, 2.75) is 57.2 Å². The van der Waals surface area contributed by atoms with E-state index in [4.69, 9.17) is 4.42 Å². The van der Waals surface area contributed by atoms with Gasteiger partial charge in [-0.1, -0.05) is 19.1 Å². The Labute approximate surface area is 149 Å². The van der Waals surface area contributed by atoms with Crippen molar-refractivity contribution in [2.24, 2.45) is 5.92 Å². The zero-order chi connectivity index (χ0) is 17.9. The Kier molecular flexibility index (Phi) is 5.64. The first-order valence-corrected chi connectivity index (χ1v) is 10.6. The lowest BCUT2D eigenvalue weighted by Crippen LogP contribution is -2.37. The van der Waals surface area contributed by atoms with E-state index >= 15 is 0 Å². The van der Waals surface area contributed by atoms with Gasteiger partial charge in [-0.2, -0.15) is 4.98 Å². The van der Waals surface area contributed by atoms with Crippen molar-refractivity contribution in [1.82, 2.24) is 9.71 Å². The molecular weight excluding hydrogens is 338 g/mol. The van der Waals surface area contributed by atoms with Crippen molar-refractivity contribution in [3.63, 3.8) is 0 Å². The molecule has 1 saturated carbocycles. The molecule has 3 rings (SSSR count). The Hall–Kier alpha value is -1.60.